The highest BCUT2D eigenvalue weighted by Gasteiger charge is 2.39. The number of nitrogens with one attached hydrogen (secondary N) is 1. The van der Waals surface area contributed by atoms with Gasteiger partial charge in [0.25, 0.3) is 11.8 Å². The summed E-state index contributed by atoms with van der Waals surface area (Å²) < 4.78 is 1.44. The van der Waals surface area contributed by atoms with Gasteiger partial charge in [-0.05, 0) is 36.0 Å². The zero-order valence-corrected chi connectivity index (χ0v) is 18.7. The number of carbonyl (C=O) groups is 4. The summed E-state index contributed by atoms with van der Waals surface area (Å²) in [6, 6.07) is 6.76. The first-order valence-electron chi connectivity index (χ1n) is 11.1. The molecule has 1 aromatic carbocycles. The number of piperidine rings is 1. The van der Waals surface area contributed by atoms with E-state index in [9.17, 15) is 19.2 Å². The number of fused-ring (bicyclic) bond motifs is 1. The lowest BCUT2D eigenvalue weighted by molar-refractivity contribution is -0.136. The van der Waals surface area contributed by atoms with Gasteiger partial charge in [0, 0.05) is 38.0 Å². The van der Waals surface area contributed by atoms with Gasteiger partial charge in [0.15, 0.2) is 5.69 Å². The van der Waals surface area contributed by atoms with E-state index in [-0.39, 0.29) is 41.8 Å². The summed E-state index contributed by atoms with van der Waals surface area (Å²) in [4.78, 5) is 52.8. The molecule has 0 spiro atoms. The van der Waals surface area contributed by atoms with Crippen LogP contribution in [-0.4, -0.2) is 67.6 Å². The number of amides is 4. The fourth-order valence-corrected chi connectivity index (χ4v) is 4.87. The van der Waals surface area contributed by atoms with E-state index in [2.05, 4.69) is 21.7 Å². The Hall–Kier alpha value is -4.07. The average molecular weight is 461 g/mol. The molecule has 11 nitrogen and oxygen atoms in total. The Bertz CT molecular complexity index is 1260. The van der Waals surface area contributed by atoms with E-state index < -0.39 is 11.9 Å². The van der Waals surface area contributed by atoms with Gasteiger partial charge in [-0.15, -0.1) is 5.10 Å². The number of hydrogen-bond donors (Lipinski definition) is 1. The molecular weight excluding hydrogens is 438 g/mol. The van der Waals surface area contributed by atoms with Gasteiger partial charge in [0.05, 0.1) is 18.0 Å². The van der Waals surface area contributed by atoms with Gasteiger partial charge < -0.3 is 9.80 Å². The second-order valence-corrected chi connectivity index (χ2v) is 9.41. The van der Waals surface area contributed by atoms with Crippen LogP contribution in [0, 0.1) is 16.7 Å². The van der Waals surface area contributed by atoms with E-state index in [0.29, 0.717) is 37.2 Å². The molecule has 0 bridgehead atoms. The van der Waals surface area contributed by atoms with Crippen molar-refractivity contribution in [3.05, 3.63) is 41.2 Å². The number of nitriles is 1. The highest BCUT2D eigenvalue weighted by atomic mass is 16.2. The molecule has 4 amide bonds. The molecule has 5 rings (SSSR count). The van der Waals surface area contributed by atoms with Crippen LogP contribution in [0.1, 0.15) is 59.0 Å². The fraction of sp³-hybridized carbons (Fsp3) is 0.435. The highest BCUT2D eigenvalue weighted by molar-refractivity contribution is 6.05. The number of imide groups is 1. The minimum atomic E-state index is -0.677. The van der Waals surface area contributed by atoms with Gasteiger partial charge >= 0.3 is 0 Å². The number of hydrogen-bond acceptors (Lipinski definition) is 7. The fourth-order valence-electron chi connectivity index (χ4n) is 4.87. The van der Waals surface area contributed by atoms with Crippen molar-refractivity contribution < 1.29 is 19.2 Å². The van der Waals surface area contributed by atoms with Crippen molar-refractivity contribution in [3.8, 4) is 11.8 Å². The van der Waals surface area contributed by atoms with Crippen LogP contribution in [0.2, 0.25) is 0 Å². The monoisotopic (exact) mass is 461 g/mol. The van der Waals surface area contributed by atoms with E-state index in [0.717, 1.165) is 12.0 Å². The van der Waals surface area contributed by atoms with E-state index in [1.54, 1.807) is 23.1 Å². The van der Waals surface area contributed by atoms with E-state index in [1.807, 2.05) is 6.92 Å². The van der Waals surface area contributed by atoms with E-state index in [1.165, 1.54) is 15.8 Å². The van der Waals surface area contributed by atoms with Crippen LogP contribution in [0.25, 0.3) is 5.69 Å². The quantitative estimate of drug-likeness (QED) is 0.664. The molecule has 0 aliphatic carbocycles. The Balaban J connectivity index is 1.32. The van der Waals surface area contributed by atoms with Crippen molar-refractivity contribution in [1.82, 2.24) is 30.1 Å². The zero-order chi connectivity index (χ0) is 24.0. The first-order valence-corrected chi connectivity index (χ1v) is 11.1. The molecule has 11 heteroatoms. The van der Waals surface area contributed by atoms with Crippen LogP contribution in [-0.2, 0) is 16.1 Å². The first kappa shape index (κ1) is 21.8. The Morgan fingerprint density at radius 1 is 1.32 bits per heavy atom. The van der Waals surface area contributed by atoms with Crippen LogP contribution in [0.5, 0.6) is 0 Å². The summed E-state index contributed by atoms with van der Waals surface area (Å²) >= 11 is 0. The molecule has 0 radical (unpaired) electrons. The molecule has 4 heterocycles. The van der Waals surface area contributed by atoms with E-state index >= 15 is 0 Å². The van der Waals surface area contributed by atoms with Crippen LogP contribution in [0.4, 0.5) is 0 Å². The molecule has 174 valence electrons. The van der Waals surface area contributed by atoms with Gasteiger partial charge in [-0.25, -0.2) is 4.68 Å². The second-order valence-electron chi connectivity index (χ2n) is 9.41. The summed E-state index contributed by atoms with van der Waals surface area (Å²) in [5.74, 6) is -1.30. The lowest BCUT2D eigenvalue weighted by Gasteiger charge is -2.29. The minimum Gasteiger partial charge on any atom is -0.337 e. The molecule has 2 saturated heterocycles. The molecule has 3 aliphatic heterocycles. The van der Waals surface area contributed by atoms with Crippen molar-refractivity contribution in [3.63, 3.8) is 0 Å². The highest BCUT2D eigenvalue weighted by Crippen LogP contribution is 2.34. The number of likely N-dealkylation sites (tertiary alicyclic amines) is 1. The first-order chi connectivity index (χ1) is 16.3. The molecule has 0 saturated carbocycles. The smallest absolute Gasteiger partial charge is 0.276 e. The van der Waals surface area contributed by atoms with Crippen LogP contribution < -0.4 is 5.32 Å². The van der Waals surface area contributed by atoms with Crippen molar-refractivity contribution in [2.24, 2.45) is 5.41 Å². The molecule has 2 aromatic rings. The standard InChI is InChI=1S/C23H23N7O4/c1-23(6-8-24)7-9-28(13-23)22(34)17-12-30(27-26-17)15-3-2-14-11-29(21(33)16(14)10-15)18-4-5-19(31)25-20(18)32/h2-3,10,12,18H,4-7,9,11,13H2,1H3,(H,25,31,32). The summed E-state index contributed by atoms with van der Waals surface area (Å²) in [7, 11) is 0. The average Bonchev–Trinajstić information content (AvgIpc) is 3.52. The van der Waals surface area contributed by atoms with Gasteiger partial charge in [0.1, 0.15) is 6.04 Å². The van der Waals surface area contributed by atoms with Crippen molar-refractivity contribution in [2.45, 2.75) is 45.2 Å². The number of benzene rings is 1. The molecule has 2 unspecified atom stereocenters. The summed E-state index contributed by atoms with van der Waals surface area (Å²) in [6.07, 6.45) is 3.18. The van der Waals surface area contributed by atoms with Crippen molar-refractivity contribution in [1.29, 1.82) is 5.26 Å². The maximum absolute atomic E-state index is 13.0. The number of nitrogens with zero attached hydrogens (tertiary/aromatic N) is 6. The zero-order valence-electron chi connectivity index (χ0n) is 18.7. The Morgan fingerprint density at radius 3 is 2.91 bits per heavy atom. The van der Waals surface area contributed by atoms with Crippen molar-refractivity contribution in [2.75, 3.05) is 13.1 Å². The lowest BCUT2D eigenvalue weighted by Crippen LogP contribution is -2.52. The summed E-state index contributed by atoms with van der Waals surface area (Å²) in [6.45, 7) is 3.35. The predicted molar refractivity (Wildman–Crippen MR) is 116 cm³/mol. The van der Waals surface area contributed by atoms with Gasteiger partial charge in [-0.2, -0.15) is 5.26 Å². The maximum atomic E-state index is 13.0. The Morgan fingerprint density at radius 2 is 2.15 bits per heavy atom. The Labute approximate surface area is 195 Å². The number of aromatic nitrogens is 3. The summed E-state index contributed by atoms with van der Waals surface area (Å²) in [5, 5.41) is 19.4. The maximum Gasteiger partial charge on any atom is 0.276 e. The van der Waals surface area contributed by atoms with Crippen molar-refractivity contribution >= 4 is 23.6 Å². The lowest BCUT2D eigenvalue weighted by atomic mass is 9.87. The molecule has 34 heavy (non-hydrogen) atoms. The molecular formula is C23H23N7O4. The molecule has 1 N–H and O–H groups in total. The van der Waals surface area contributed by atoms with Gasteiger partial charge in [-0.1, -0.05) is 18.2 Å². The minimum absolute atomic E-state index is 0.193. The number of rotatable bonds is 4. The Kier molecular flexibility index (Phi) is 5.16. The number of carbonyl (C=O) groups excluding carboxylic acids is 4. The molecule has 3 aliphatic rings. The molecule has 2 atom stereocenters. The van der Waals surface area contributed by atoms with Gasteiger partial charge in [-0.3, -0.25) is 24.5 Å². The van der Waals surface area contributed by atoms with E-state index in [4.69, 9.17) is 5.26 Å². The second kappa shape index (κ2) is 8.06. The molecule has 2 fully saturated rings. The normalized spacial score (nSPS) is 24.2. The topological polar surface area (TPSA) is 141 Å². The largest absolute Gasteiger partial charge is 0.337 e. The third-order valence-corrected chi connectivity index (χ3v) is 6.84. The van der Waals surface area contributed by atoms with Crippen LogP contribution in [0.3, 0.4) is 0 Å². The van der Waals surface area contributed by atoms with Crippen LogP contribution >= 0.6 is 0 Å². The predicted octanol–water partition coefficient (Wildman–Crippen LogP) is 0.794. The third-order valence-electron chi connectivity index (χ3n) is 6.84. The van der Waals surface area contributed by atoms with Crippen LogP contribution in [0.15, 0.2) is 24.4 Å². The SMILES string of the molecule is CC1(CC#N)CCN(C(=O)c2cn(-c3ccc4c(c3)C(=O)N(C3CCC(=O)NC3=O)C4)nn2)C1. The molecule has 1 aromatic heterocycles. The summed E-state index contributed by atoms with van der Waals surface area (Å²) in [5.41, 5.74) is 1.79. The third kappa shape index (κ3) is 3.71. The van der Waals surface area contributed by atoms with Gasteiger partial charge in [0.2, 0.25) is 11.8 Å².